The van der Waals surface area contributed by atoms with Crippen LogP contribution in [0.25, 0.3) is 0 Å². The first-order valence-corrected chi connectivity index (χ1v) is 7.80. The zero-order valence-electron chi connectivity index (χ0n) is 11.6. The minimum Gasteiger partial charge on any atom is -0.454 e. The molecule has 0 aliphatic carbocycles. The van der Waals surface area contributed by atoms with Crippen LogP contribution in [0, 0.1) is 0 Å². The second kappa shape index (κ2) is 7.37. The Morgan fingerprint density at radius 1 is 1.10 bits per heavy atom. The maximum absolute atomic E-state index is 6.26. The van der Waals surface area contributed by atoms with Crippen LogP contribution < -0.4 is 10.5 Å². The molecule has 1 atom stereocenters. The Hall–Kier alpha value is -0.930. The molecule has 0 fully saturated rings. The van der Waals surface area contributed by atoms with E-state index in [0.29, 0.717) is 33.0 Å². The molecule has 0 aromatic heterocycles. The van der Waals surface area contributed by atoms with E-state index in [-0.39, 0.29) is 6.04 Å². The predicted molar refractivity (Wildman–Crippen MR) is 90.0 cm³/mol. The third-order valence-electron chi connectivity index (χ3n) is 3.16. The highest BCUT2D eigenvalue weighted by Crippen LogP contribution is 2.37. The molecule has 5 heteroatoms. The van der Waals surface area contributed by atoms with Crippen LogP contribution >= 0.6 is 34.8 Å². The molecule has 2 aromatic rings. The van der Waals surface area contributed by atoms with Crippen molar-refractivity contribution in [3.05, 3.63) is 57.0 Å². The van der Waals surface area contributed by atoms with Crippen molar-refractivity contribution in [1.82, 2.24) is 0 Å². The van der Waals surface area contributed by atoms with Gasteiger partial charge in [-0.2, -0.15) is 0 Å². The van der Waals surface area contributed by atoms with Gasteiger partial charge in [-0.25, -0.2) is 0 Å². The summed E-state index contributed by atoms with van der Waals surface area (Å²) < 4.78 is 5.89. The largest absolute Gasteiger partial charge is 0.454 e. The molecule has 1 unspecified atom stereocenters. The number of ether oxygens (including phenoxy) is 1. The number of hydrogen-bond acceptors (Lipinski definition) is 2. The van der Waals surface area contributed by atoms with E-state index in [1.165, 1.54) is 0 Å². The molecule has 0 aliphatic heterocycles. The Labute approximate surface area is 139 Å². The maximum Gasteiger partial charge on any atom is 0.149 e. The summed E-state index contributed by atoms with van der Waals surface area (Å²) in [6, 6.07) is 10.7. The van der Waals surface area contributed by atoms with Crippen molar-refractivity contribution < 1.29 is 4.74 Å². The molecule has 0 spiro atoms. The van der Waals surface area contributed by atoms with E-state index in [2.05, 4.69) is 0 Å². The van der Waals surface area contributed by atoms with Crippen LogP contribution in [0.3, 0.4) is 0 Å². The van der Waals surface area contributed by atoms with Gasteiger partial charge in [-0.15, -0.1) is 0 Å². The number of rotatable bonds is 5. The Morgan fingerprint density at radius 2 is 1.86 bits per heavy atom. The summed E-state index contributed by atoms with van der Waals surface area (Å²) in [5.41, 5.74) is 6.98. The van der Waals surface area contributed by atoms with Gasteiger partial charge in [0.15, 0.2) is 0 Å². The fourth-order valence-corrected chi connectivity index (χ4v) is 2.47. The van der Waals surface area contributed by atoms with E-state index >= 15 is 0 Å². The molecule has 0 amide bonds. The highest BCUT2D eigenvalue weighted by Gasteiger charge is 2.14. The fraction of sp³-hybridized carbons (Fsp3) is 0.250. The molecule has 0 bridgehead atoms. The van der Waals surface area contributed by atoms with E-state index in [4.69, 9.17) is 45.3 Å². The first-order valence-electron chi connectivity index (χ1n) is 6.67. The first-order chi connectivity index (χ1) is 10.0. The summed E-state index contributed by atoms with van der Waals surface area (Å²) in [4.78, 5) is 0. The highest BCUT2D eigenvalue weighted by atomic mass is 35.5. The molecule has 21 heavy (non-hydrogen) atoms. The summed E-state index contributed by atoms with van der Waals surface area (Å²) in [5.74, 6) is 1.05. The van der Waals surface area contributed by atoms with Crippen molar-refractivity contribution >= 4 is 34.8 Å². The molecule has 0 saturated carbocycles. The van der Waals surface area contributed by atoms with Crippen molar-refractivity contribution in [1.29, 1.82) is 0 Å². The van der Waals surface area contributed by atoms with E-state index < -0.39 is 0 Å². The van der Waals surface area contributed by atoms with Gasteiger partial charge in [-0.1, -0.05) is 53.9 Å². The number of nitrogens with two attached hydrogens (primary N) is 1. The molecule has 2 N–H and O–H groups in total. The lowest BCUT2D eigenvalue weighted by atomic mass is 10.0. The van der Waals surface area contributed by atoms with Crippen LogP contribution in [-0.4, -0.2) is 6.04 Å². The van der Waals surface area contributed by atoms with Crippen molar-refractivity contribution in [2.45, 2.75) is 25.8 Å². The van der Waals surface area contributed by atoms with Crippen LogP contribution in [-0.2, 0) is 6.42 Å². The smallest absolute Gasteiger partial charge is 0.149 e. The number of hydrogen-bond donors (Lipinski definition) is 1. The second-order valence-electron chi connectivity index (χ2n) is 4.78. The van der Waals surface area contributed by atoms with Gasteiger partial charge in [0.25, 0.3) is 0 Å². The Bertz CT molecular complexity index is 631. The number of halogens is 3. The van der Waals surface area contributed by atoms with Gasteiger partial charge in [-0.3, -0.25) is 0 Å². The molecular weight excluding hydrogens is 329 g/mol. The van der Waals surface area contributed by atoms with Gasteiger partial charge in [-0.05, 0) is 36.6 Å². The lowest BCUT2D eigenvalue weighted by Crippen LogP contribution is -2.21. The predicted octanol–water partition coefficient (Wildman–Crippen LogP) is 5.72. The molecule has 0 heterocycles. The van der Waals surface area contributed by atoms with Gasteiger partial charge in [0.1, 0.15) is 11.5 Å². The minimum atomic E-state index is 0.0562. The molecule has 2 rings (SSSR count). The molecule has 0 radical (unpaired) electrons. The van der Waals surface area contributed by atoms with Gasteiger partial charge >= 0.3 is 0 Å². The Morgan fingerprint density at radius 3 is 2.57 bits per heavy atom. The molecule has 112 valence electrons. The summed E-state index contributed by atoms with van der Waals surface area (Å²) in [5, 5.41) is 1.55. The zero-order chi connectivity index (χ0) is 15.4. The molecule has 2 aromatic carbocycles. The Kier molecular flexibility index (Phi) is 5.77. The summed E-state index contributed by atoms with van der Waals surface area (Å²) in [7, 11) is 0. The quantitative estimate of drug-likeness (QED) is 0.753. The lowest BCUT2D eigenvalue weighted by molar-refractivity contribution is 0.472. The first kappa shape index (κ1) is 16.4. The van der Waals surface area contributed by atoms with Crippen LogP contribution in [0.4, 0.5) is 0 Å². The third kappa shape index (κ3) is 4.27. The van der Waals surface area contributed by atoms with Gasteiger partial charge in [0.05, 0.1) is 10.0 Å². The standard InChI is InChI=1S/C16H16Cl3NO/c1-2-12(20)8-10-4-3-5-14(19)16(10)21-15-9-11(17)6-7-13(15)18/h3-7,9,12H,2,8,20H2,1H3. The van der Waals surface area contributed by atoms with E-state index in [9.17, 15) is 0 Å². The van der Waals surface area contributed by atoms with Gasteiger partial charge < -0.3 is 10.5 Å². The van der Waals surface area contributed by atoms with Crippen LogP contribution in [0.5, 0.6) is 11.5 Å². The topological polar surface area (TPSA) is 35.2 Å². The summed E-state index contributed by atoms with van der Waals surface area (Å²) >= 11 is 18.4. The van der Waals surface area contributed by atoms with Gasteiger partial charge in [0, 0.05) is 17.1 Å². The van der Waals surface area contributed by atoms with Crippen molar-refractivity contribution in [2.24, 2.45) is 5.73 Å². The zero-order valence-corrected chi connectivity index (χ0v) is 13.8. The monoisotopic (exact) mass is 343 g/mol. The van der Waals surface area contributed by atoms with Crippen molar-refractivity contribution in [2.75, 3.05) is 0 Å². The van der Waals surface area contributed by atoms with E-state index in [1.807, 2.05) is 19.1 Å². The average Bonchev–Trinajstić information content (AvgIpc) is 2.46. The van der Waals surface area contributed by atoms with Crippen LogP contribution in [0.15, 0.2) is 36.4 Å². The number of benzene rings is 2. The van der Waals surface area contributed by atoms with Crippen molar-refractivity contribution in [3.8, 4) is 11.5 Å². The molecule has 2 nitrogen and oxygen atoms in total. The lowest BCUT2D eigenvalue weighted by Gasteiger charge is -2.16. The second-order valence-corrected chi connectivity index (χ2v) is 6.03. The van der Waals surface area contributed by atoms with Crippen LogP contribution in [0.1, 0.15) is 18.9 Å². The van der Waals surface area contributed by atoms with E-state index in [0.717, 1.165) is 12.0 Å². The normalized spacial score (nSPS) is 12.2. The SMILES string of the molecule is CCC(N)Cc1cccc(Cl)c1Oc1cc(Cl)ccc1Cl. The van der Waals surface area contributed by atoms with Gasteiger partial charge in [0.2, 0.25) is 0 Å². The molecule has 0 aliphatic rings. The summed E-state index contributed by atoms with van der Waals surface area (Å²) in [6.07, 6.45) is 1.56. The van der Waals surface area contributed by atoms with Crippen LogP contribution in [0.2, 0.25) is 15.1 Å². The van der Waals surface area contributed by atoms with E-state index in [1.54, 1.807) is 24.3 Å². The molecular formula is C16H16Cl3NO. The molecule has 0 saturated heterocycles. The maximum atomic E-state index is 6.26. The Balaban J connectivity index is 2.36. The highest BCUT2D eigenvalue weighted by molar-refractivity contribution is 6.34. The van der Waals surface area contributed by atoms with Crippen molar-refractivity contribution in [3.63, 3.8) is 0 Å². The average molecular weight is 345 g/mol. The number of para-hydroxylation sites is 1. The minimum absolute atomic E-state index is 0.0562. The summed E-state index contributed by atoms with van der Waals surface area (Å²) in [6.45, 7) is 2.05. The fourth-order valence-electron chi connectivity index (χ4n) is 1.92. The third-order valence-corrected chi connectivity index (χ3v) is 4.01.